The summed E-state index contributed by atoms with van der Waals surface area (Å²) in [6, 6.07) is 19.3. The molecule has 3 aromatic carbocycles. The molecule has 0 aliphatic heterocycles. The predicted octanol–water partition coefficient (Wildman–Crippen LogP) is 12.6. The fourth-order valence-corrected chi connectivity index (χ4v) is 7.91. The van der Waals surface area contributed by atoms with Crippen molar-refractivity contribution < 1.29 is 19.0 Å². The number of aromatic nitrogens is 3. The van der Waals surface area contributed by atoms with Crippen molar-refractivity contribution in [2.75, 3.05) is 13.7 Å². The van der Waals surface area contributed by atoms with Crippen LogP contribution in [0.15, 0.2) is 74.7 Å². The van der Waals surface area contributed by atoms with Crippen LogP contribution in [0.25, 0.3) is 28.2 Å². The van der Waals surface area contributed by atoms with Crippen LogP contribution in [0, 0.1) is 0 Å². The van der Waals surface area contributed by atoms with E-state index in [0.717, 1.165) is 53.5 Å². The maximum atomic E-state index is 14.1. The van der Waals surface area contributed by atoms with E-state index >= 15 is 0 Å². The molecule has 0 aliphatic rings. The molecular weight excluding hydrogens is 751 g/mol. The largest absolute Gasteiger partial charge is 0.495 e. The molecular formula is C51H71N3O6. The Morgan fingerprint density at radius 3 is 2.02 bits per heavy atom. The molecule has 0 atom stereocenters. The SMILES string of the molecule is CCCCCCCCCCCCCCc1ccc(OC)c(-n2c(O)c(-c3nc4ccccc4c(=O)n3CCCOc3ccc(C(C)(C)CC)cc3C(C)(C)CC)oc2=O)c1. The van der Waals surface area contributed by atoms with Crippen molar-refractivity contribution >= 4 is 10.9 Å². The number of ether oxygens (including phenoxy) is 2. The van der Waals surface area contributed by atoms with Gasteiger partial charge in [-0.1, -0.05) is 149 Å². The summed E-state index contributed by atoms with van der Waals surface area (Å²) in [6.45, 7) is 16.2. The highest BCUT2D eigenvalue weighted by atomic mass is 16.5. The first-order valence-corrected chi connectivity index (χ1v) is 22.8. The van der Waals surface area contributed by atoms with Gasteiger partial charge in [-0.15, -0.1) is 0 Å². The summed E-state index contributed by atoms with van der Waals surface area (Å²) in [6.07, 6.45) is 18.6. The van der Waals surface area contributed by atoms with E-state index in [-0.39, 0.29) is 34.5 Å². The lowest BCUT2D eigenvalue weighted by molar-refractivity contribution is 0.291. The van der Waals surface area contributed by atoms with Crippen LogP contribution < -0.4 is 20.8 Å². The van der Waals surface area contributed by atoms with Gasteiger partial charge in [0.25, 0.3) is 5.56 Å². The molecule has 2 aromatic heterocycles. The van der Waals surface area contributed by atoms with Crippen LogP contribution in [-0.2, 0) is 23.8 Å². The van der Waals surface area contributed by atoms with E-state index < -0.39 is 11.6 Å². The smallest absolute Gasteiger partial charge is 0.427 e. The number of hydrogen-bond acceptors (Lipinski definition) is 7. The molecule has 5 aromatic rings. The van der Waals surface area contributed by atoms with Crippen molar-refractivity contribution in [2.45, 2.75) is 169 Å². The number of aromatic hydroxyl groups is 1. The summed E-state index contributed by atoms with van der Waals surface area (Å²) >= 11 is 0. The zero-order valence-electron chi connectivity index (χ0n) is 37.8. The number of fused-ring (bicyclic) bond motifs is 1. The normalized spacial score (nSPS) is 12.1. The lowest BCUT2D eigenvalue weighted by Gasteiger charge is -2.30. The Hall–Kier alpha value is -4.79. The Kier molecular flexibility index (Phi) is 16.7. The molecule has 9 nitrogen and oxygen atoms in total. The Balaban J connectivity index is 1.34. The second-order valence-corrected chi connectivity index (χ2v) is 17.8. The van der Waals surface area contributed by atoms with Gasteiger partial charge in [0.2, 0.25) is 11.6 Å². The number of methoxy groups -OCH3 is 1. The molecule has 1 N–H and O–H groups in total. The van der Waals surface area contributed by atoms with Gasteiger partial charge >= 0.3 is 5.76 Å². The van der Waals surface area contributed by atoms with Gasteiger partial charge in [0.1, 0.15) is 11.5 Å². The van der Waals surface area contributed by atoms with E-state index in [0.29, 0.717) is 35.4 Å². The second-order valence-electron chi connectivity index (χ2n) is 17.8. The number of hydrogen-bond donors (Lipinski definition) is 1. The van der Waals surface area contributed by atoms with Crippen molar-refractivity contribution in [1.82, 2.24) is 14.1 Å². The quantitative estimate of drug-likeness (QED) is 0.0584. The molecule has 5 rings (SSSR count). The number of aryl methyl sites for hydroxylation is 1. The van der Waals surface area contributed by atoms with Gasteiger partial charge in [-0.3, -0.25) is 9.36 Å². The van der Waals surface area contributed by atoms with Gasteiger partial charge in [-0.2, -0.15) is 0 Å². The van der Waals surface area contributed by atoms with E-state index in [1.165, 1.54) is 81.4 Å². The van der Waals surface area contributed by atoms with Crippen LogP contribution in [0.4, 0.5) is 0 Å². The molecule has 0 fully saturated rings. The Bertz CT molecular complexity index is 2260. The average molecular weight is 822 g/mol. The Morgan fingerprint density at radius 1 is 0.733 bits per heavy atom. The monoisotopic (exact) mass is 822 g/mol. The molecule has 0 saturated carbocycles. The molecule has 0 unspecified atom stereocenters. The van der Waals surface area contributed by atoms with E-state index in [9.17, 15) is 14.7 Å². The summed E-state index contributed by atoms with van der Waals surface area (Å²) in [5.41, 5.74) is 3.92. The highest BCUT2D eigenvalue weighted by molar-refractivity contribution is 5.79. The standard InChI is InChI=1S/C51H71N3O6/c1-9-12-13-14-15-16-17-18-19-20-21-22-26-37-29-31-44(58-8)42(35-37)54-48(56)45(60-49(54)57)46-52-41-28-24-23-27-39(41)47(55)53(46)33-25-34-59-43-32-30-38(50(4,5)10-2)36-40(43)51(6,7)11-3/h23-24,27-32,35-36,56H,9-22,25-26,33-34H2,1-8H3. The molecule has 9 heteroatoms. The third-order valence-electron chi connectivity index (χ3n) is 12.7. The van der Waals surface area contributed by atoms with E-state index in [2.05, 4.69) is 66.7 Å². The number of rotatable bonds is 25. The predicted molar refractivity (Wildman–Crippen MR) is 245 cm³/mol. The highest BCUT2D eigenvalue weighted by Crippen LogP contribution is 2.39. The Morgan fingerprint density at radius 2 is 1.37 bits per heavy atom. The zero-order valence-corrected chi connectivity index (χ0v) is 37.8. The number of unbranched alkanes of at least 4 members (excludes halogenated alkanes) is 11. The molecule has 0 amide bonds. The molecule has 0 spiro atoms. The molecule has 0 aliphatic carbocycles. The van der Waals surface area contributed by atoms with Crippen molar-refractivity contribution in [3.05, 3.63) is 98.3 Å². The van der Waals surface area contributed by atoms with E-state index in [1.807, 2.05) is 18.2 Å². The van der Waals surface area contributed by atoms with Gasteiger partial charge in [0.15, 0.2) is 5.82 Å². The summed E-state index contributed by atoms with van der Waals surface area (Å²) in [7, 11) is 1.53. The third kappa shape index (κ3) is 11.3. The van der Waals surface area contributed by atoms with Gasteiger partial charge in [0.05, 0.1) is 30.3 Å². The molecule has 0 saturated heterocycles. The van der Waals surface area contributed by atoms with Crippen LogP contribution in [-0.4, -0.2) is 32.9 Å². The minimum absolute atomic E-state index is 0.0388. The lowest BCUT2D eigenvalue weighted by Crippen LogP contribution is -2.25. The van der Waals surface area contributed by atoms with Crippen LogP contribution in [0.2, 0.25) is 0 Å². The first kappa shape index (κ1) is 46.3. The van der Waals surface area contributed by atoms with Gasteiger partial charge < -0.3 is 19.0 Å². The summed E-state index contributed by atoms with van der Waals surface area (Å²) in [5.74, 6) is -0.125. The maximum Gasteiger partial charge on any atom is 0.427 e. The number of oxazole rings is 1. The first-order chi connectivity index (χ1) is 28.9. The third-order valence-corrected chi connectivity index (χ3v) is 12.7. The highest BCUT2D eigenvalue weighted by Gasteiger charge is 2.28. The topological polar surface area (TPSA) is 109 Å². The molecule has 60 heavy (non-hydrogen) atoms. The van der Waals surface area contributed by atoms with Crippen LogP contribution in [0.5, 0.6) is 17.4 Å². The van der Waals surface area contributed by atoms with E-state index in [1.54, 1.807) is 24.3 Å². The number of benzene rings is 3. The first-order valence-electron chi connectivity index (χ1n) is 22.8. The molecule has 0 bridgehead atoms. The summed E-state index contributed by atoms with van der Waals surface area (Å²) in [4.78, 5) is 32.5. The van der Waals surface area contributed by atoms with Crippen molar-refractivity contribution in [3.63, 3.8) is 0 Å². The van der Waals surface area contributed by atoms with Crippen molar-refractivity contribution in [1.29, 1.82) is 0 Å². The van der Waals surface area contributed by atoms with Gasteiger partial charge in [-0.05, 0) is 84.4 Å². The van der Waals surface area contributed by atoms with Crippen LogP contribution in [0.1, 0.15) is 161 Å². The Labute approximate surface area is 358 Å². The summed E-state index contributed by atoms with van der Waals surface area (Å²) in [5, 5.41) is 12.2. The molecule has 326 valence electrons. The lowest BCUT2D eigenvalue weighted by atomic mass is 9.76. The minimum atomic E-state index is -0.804. The van der Waals surface area contributed by atoms with Crippen molar-refractivity contribution in [3.8, 4) is 34.7 Å². The van der Waals surface area contributed by atoms with Crippen LogP contribution in [0.3, 0.4) is 0 Å². The molecule has 0 radical (unpaired) electrons. The number of para-hydroxylation sites is 1. The van der Waals surface area contributed by atoms with Gasteiger partial charge in [-0.25, -0.2) is 14.3 Å². The maximum absolute atomic E-state index is 14.1. The van der Waals surface area contributed by atoms with E-state index in [4.69, 9.17) is 18.9 Å². The average Bonchev–Trinajstić information content (AvgIpc) is 3.55. The number of nitrogens with zero attached hydrogens (tertiary/aromatic N) is 3. The van der Waals surface area contributed by atoms with Gasteiger partial charge in [0, 0.05) is 12.1 Å². The second kappa shape index (κ2) is 21.6. The summed E-state index contributed by atoms with van der Waals surface area (Å²) < 4.78 is 20.5. The minimum Gasteiger partial charge on any atom is -0.495 e. The fraction of sp³-hybridized carbons (Fsp3) is 0.549. The van der Waals surface area contributed by atoms with Crippen molar-refractivity contribution in [2.24, 2.45) is 0 Å². The zero-order chi connectivity index (χ0) is 43.3. The van der Waals surface area contributed by atoms with Crippen LogP contribution >= 0.6 is 0 Å². The fourth-order valence-electron chi connectivity index (χ4n) is 7.91. The molecule has 2 heterocycles.